The molecule has 204 valence electrons. The van der Waals surface area contributed by atoms with Crippen molar-refractivity contribution in [3.8, 4) is 33.6 Å². The molecule has 5 aromatic rings. The number of anilines is 1. The van der Waals surface area contributed by atoms with Gasteiger partial charge in [0.25, 0.3) is 0 Å². The Morgan fingerprint density at radius 1 is 0.950 bits per heavy atom. The molecule has 0 saturated heterocycles. The van der Waals surface area contributed by atoms with Gasteiger partial charge in [0.15, 0.2) is 11.0 Å². The summed E-state index contributed by atoms with van der Waals surface area (Å²) in [5, 5.41) is 16.8. The zero-order valence-corrected chi connectivity index (χ0v) is 25.0. The van der Waals surface area contributed by atoms with Crippen LogP contribution in [0.3, 0.4) is 0 Å². The maximum atomic E-state index is 13.0. The van der Waals surface area contributed by atoms with Crippen molar-refractivity contribution in [3.63, 3.8) is 0 Å². The van der Waals surface area contributed by atoms with Gasteiger partial charge in [-0.1, -0.05) is 71.9 Å². The lowest BCUT2D eigenvalue weighted by Crippen LogP contribution is -2.16. The number of thioether (sulfide) groups is 1. The molecule has 3 aromatic heterocycles. The first-order valence-corrected chi connectivity index (χ1v) is 15.4. The second kappa shape index (κ2) is 12.2. The van der Waals surface area contributed by atoms with E-state index >= 15 is 0 Å². The van der Waals surface area contributed by atoms with E-state index in [0.717, 1.165) is 33.6 Å². The predicted octanol–water partition coefficient (Wildman–Crippen LogP) is 7.46. The topological polar surface area (TPSA) is 86.1 Å². The summed E-state index contributed by atoms with van der Waals surface area (Å²) in [6, 6.07) is 18.1. The minimum atomic E-state index is -0.459. The Labute approximate surface area is 245 Å². The van der Waals surface area contributed by atoms with Gasteiger partial charge in [0.05, 0.1) is 12.4 Å². The fraction of sp³-hybridized carbons (Fsp3) is 0.200. The van der Waals surface area contributed by atoms with Crippen LogP contribution in [0.25, 0.3) is 33.6 Å². The number of carbonyl (C=O) groups excluding carboxylic acids is 2. The summed E-state index contributed by atoms with van der Waals surface area (Å²) in [5.74, 6) is 0.158. The van der Waals surface area contributed by atoms with Crippen LogP contribution in [0.15, 0.2) is 70.5 Å². The zero-order chi connectivity index (χ0) is 28.2. The minimum absolute atomic E-state index is 0.111. The smallest absolute Gasteiger partial charge is 0.341 e. The number of thiophene rings is 2. The molecule has 0 unspecified atom stereocenters. The maximum Gasteiger partial charge on any atom is 0.341 e. The fourth-order valence-corrected chi connectivity index (χ4v) is 6.90. The molecule has 3 heterocycles. The number of ether oxygens (including phenoxy) is 1. The third kappa shape index (κ3) is 5.74. The van der Waals surface area contributed by atoms with Crippen molar-refractivity contribution in [2.45, 2.75) is 25.9 Å². The van der Waals surface area contributed by atoms with Crippen molar-refractivity contribution in [1.29, 1.82) is 0 Å². The van der Waals surface area contributed by atoms with E-state index in [1.165, 1.54) is 33.5 Å². The summed E-state index contributed by atoms with van der Waals surface area (Å²) < 4.78 is 7.22. The lowest BCUT2D eigenvalue weighted by atomic mass is 10.0. The standard InChI is InChI=1S/C30H28N4O3S3/c1-5-37-29(36)26-22(20-9-7-6-8-10-20)15-39-28(26)31-24(35)17-40-30-33-32-27(34(30)4)23-16-38-19(3)25(23)21-13-11-18(2)12-14-21/h6-16H,5,17H2,1-4H3,(H,31,35). The molecule has 0 atom stereocenters. The van der Waals surface area contributed by atoms with Gasteiger partial charge in [-0.2, -0.15) is 0 Å². The molecule has 0 saturated carbocycles. The van der Waals surface area contributed by atoms with Crippen molar-refractivity contribution >= 4 is 51.3 Å². The molecular weight excluding hydrogens is 561 g/mol. The number of carbonyl (C=O) groups is 2. The summed E-state index contributed by atoms with van der Waals surface area (Å²) in [6.07, 6.45) is 0. The highest BCUT2D eigenvalue weighted by atomic mass is 32.2. The summed E-state index contributed by atoms with van der Waals surface area (Å²) in [4.78, 5) is 27.0. The predicted molar refractivity (Wildman–Crippen MR) is 164 cm³/mol. The van der Waals surface area contributed by atoms with Gasteiger partial charge in [0.1, 0.15) is 10.6 Å². The van der Waals surface area contributed by atoms with Crippen LogP contribution in [0.2, 0.25) is 0 Å². The Bertz CT molecular complexity index is 1650. The third-order valence-corrected chi connectivity index (χ3v) is 9.16. The molecule has 7 nitrogen and oxygen atoms in total. The Balaban J connectivity index is 1.33. The van der Waals surface area contributed by atoms with Gasteiger partial charge in [-0.15, -0.1) is 32.9 Å². The molecule has 0 fully saturated rings. The van der Waals surface area contributed by atoms with E-state index in [1.807, 2.05) is 47.3 Å². The highest BCUT2D eigenvalue weighted by Gasteiger charge is 2.24. The van der Waals surface area contributed by atoms with Crippen LogP contribution >= 0.6 is 34.4 Å². The van der Waals surface area contributed by atoms with Crippen molar-refractivity contribution in [3.05, 3.63) is 81.4 Å². The Hall–Kier alpha value is -3.73. The van der Waals surface area contributed by atoms with Crippen LogP contribution in [-0.4, -0.2) is 39.0 Å². The summed E-state index contributed by atoms with van der Waals surface area (Å²) >= 11 is 4.29. The summed E-state index contributed by atoms with van der Waals surface area (Å²) in [7, 11) is 1.91. The van der Waals surface area contributed by atoms with E-state index in [-0.39, 0.29) is 18.3 Å². The molecule has 0 spiro atoms. The SMILES string of the molecule is CCOC(=O)c1c(-c2ccccc2)csc1NC(=O)CSc1nnc(-c2csc(C)c2-c2ccc(C)cc2)n1C. The molecule has 5 rings (SSSR count). The van der Waals surface area contributed by atoms with E-state index in [2.05, 4.69) is 59.0 Å². The summed E-state index contributed by atoms with van der Waals surface area (Å²) in [6.45, 7) is 6.19. The van der Waals surface area contributed by atoms with E-state index < -0.39 is 5.97 Å². The molecule has 0 radical (unpaired) electrons. The zero-order valence-electron chi connectivity index (χ0n) is 22.6. The molecule has 2 aromatic carbocycles. The van der Waals surface area contributed by atoms with Crippen molar-refractivity contribution < 1.29 is 14.3 Å². The van der Waals surface area contributed by atoms with Gasteiger partial charge in [0.2, 0.25) is 5.91 Å². The molecule has 0 aliphatic carbocycles. The Kier molecular flexibility index (Phi) is 8.49. The molecule has 0 bridgehead atoms. The van der Waals surface area contributed by atoms with E-state index in [1.54, 1.807) is 18.3 Å². The largest absolute Gasteiger partial charge is 0.462 e. The number of aryl methyl sites for hydroxylation is 2. The average Bonchev–Trinajstić information content (AvgIpc) is 3.65. The van der Waals surface area contributed by atoms with E-state index in [4.69, 9.17) is 4.74 Å². The quantitative estimate of drug-likeness (QED) is 0.142. The van der Waals surface area contributed by atoms with Crippen LogP contribution in [0, 0.1) is 13.8 Å². The first kappa shape index (κ1) is 27.8. The van der Waals surface area contributed by atoms with Gasteiger partial charge in [-0.3, -0.25) is 4.79 Å². The second-order valence-electron chi connectivity index (χ2n) is 9.09. The third-order valence-electron chi connectivity index (χ3n) is 6.33. The number of hydrogen-bond donors (Lipinski definition) is 1. The normalized spacial score (nSPS) is 11.0. The van der Waals surface area contributed by atoms with Crippen molar-refractivity contribution in [2.24, 2.45) is 7.05 Å². The molecule has 1 N–H and O–H groups in total. The van der Waals surface area contributed by atoms with Crippen LogP contribution in [-0.2, 0) is 16.6 Å². The molecule has 1 amide bonds. The number of hydrogen-bond acceptors (Lipinski definition) is 8. The van der Waals surface area contributed by atoms with Gasteiger partial charge in [-0.25, -0.2) is 4.79 Å². The van der Waals surface area contributed by atoms with Crippen LogP contribution in [0.1, 0.15) is 27.7 Å². The molecule has 0 aliphatic rings. The highest BCUT2D eigenvalue weighted by Crippen LogP contribution is 2.39. The number of rotatable bonds is 9. The monoisotopic (exact) mass is 588 g/mol. The van der Waals surface area contributed by atoms with Crippen molar-refractivity contribution in [2.75, 3.05) is 17.7 Å². The number of benzene rings is 2. The number of aromatic nitrogens is 3. The number of amides is 1. The molecule has 0 aliphatic heterocycles. The number of nitrogens with one attached hydrogen (secondary N) is 1. The maximum absolute atomic E-state index is 13.0. The highest BCUT2D eigenvalue weighted by molar-refractivity contribution is 7.99. The lowest BCUT2D eigenvalue weighted by molar-refractivity contribution is -0.113. The van der Waals surface area contributed by atoms with Gasteiger partial charge in [-0.05, 0) is 31.9 Å². The average molecular weight is 589 g/mol. The second-order valence-corrected chi connectivity index (χ2v) is 12.0. The van der Waals surface area contributed by atoms with Gasteiger partial charge in [0, 0.05) is 39.4 Å². The Morgan fingerprint density at radius 2 is 1.68 bits per heavy atom. The Morgan fingerprint density at radius 3 is 2.40 bits per heavy atom. The number of esters is 1. The first-order valence-electron chi connectivity index (χ1n) is 12.7. The minimum Gasteiger partial charge on any atom is -0.462 e. The molecule has 40 heavy (non-hydrogen) atoms. The van der Waals surface area contributed by atoms with Crippen molar-refractivity contribution in [1.82, 2.24) is 14.8 Å². The lowest BCUT2D eigenvalue weighted by Gasteiger charge is -2.09. The summed E-state index contributed by atoms with van der Waals surface area (Å²) in [5.41, 5.74) is 6.50. The van der Waals surface area contributed by atoms with E-state index in [9.17, 15) is 9.59 Å². The first-order chi connectivity index (χ1) is 19.4. The van der Waals surface area contributed by atoms with Crippen LogP contribution in [0.5, 0.6) is 0 Å². The van der Waals surface area contributed by atoms with Gasteiger partial charge < -0.3 is 14.6 Å². The number of nitrogens with zero attached hydrogens (tertiary/aromatic N) is 3. The van der Waals surface area contributed by atoms with Gasteiger partial charge >= 0.3 is 5.97 Å². The molecule has 10 heteroatoms. The van der Waals surface area contributed by atoms with Crippen LogP contribution in [0.4, 0.5) is 5.00 Å². The van der Waals surface area contributed by atoms with E-state index in [0.29, 0.717) is 15.7 Å². The molecular formula is C30H28N4O3S3. The van der Waals surface area contributed by atoms with Crippen LogP contribution < -0.4 is 5.32 Å². The fourth-order valence-electron chi connectivity index (χ4n) is 4.35.